The van der Waals surface area contributed by atoms with Gasteiger partial charge in [0.2, 0.25) is 0 Å². The Morgan fingerprint density at radius 3 is 2.40 bits per heavy atom. The van der Waals surface area contributed by atoms with E-state index < -0.39 is 10.0 Å². The summed E-state index contributed by atoms with van der Waals surface area (Å²) in [6.45, 7) is 6.26. The number of benzene rings is 1. The molecular formula is C22H21BrN4O2S. The Morgan fingerprint density at radius 1 is 1.03 bits per heavy atom. The SMILES string of the molecule is CC(C)(C)c1ccc(S(=O)(=O)Nc2c(Br)ccc3cc(-c4cccnc4)nn23)cc1. The molecule has 0 radical (unpaired) electrons. The van der Waals surface area contributed by atoms with Gasteiger partial charge in [0.1, 0.15) is 0 Å². The molecule has 0 saturated heterocycles. The summed E-state index contributed by atoms with van der Waals surface area (Å²) in [5.41, 5.74) is 3.33. The Hall–Kier alpha value is -2.71. The normalized spacial score (nSPS) is 12.3. The maximum Gasteiger partial charge on any atom is 0.263 e. The van der Waals surface area contributed by atoms with Gasteiger partial charge in [-0.15, -0.1) is 0 Å². The van der Waals surface area contributed by atoms with Gasteiger partial charge in [-0.1, -0.05) is 32.9 Å². The second-order valence-corrected chi connectivity index (χ2v) is 10.6. The molecule has 4 aromatic rings. The largest absolute Gasteiger partial charge is 0.264 e. The topological polar surface area (TPSA) is 76.4 Å². The molecule has 3 heterocycles. The highest BCUT2D eigenvalue weighted by molar-refractivity contribution is 9.10. The van der Waals surface area contributed by atoms with Crippen molar-refractivity contribution < 1.29 is 8.42 Å². The monoisotopic (exact) mass is 484 g/mol. The van der Waals surface area contributed by atoms with Gasteiger partial charge in [0.15, 0.2) is 5.82 Å². The summed E-state index contributed by atoms with van der Waals surface area (Å²) in [6.07, 6.45) is 3.41. The van der Waals surface area contributed by atoms with Crippen LogP contribution in [0.2, 0.25) is 0 Å². The molecule has 0 saturated carbocycles. The van der Waals surface area contributed by atoms with E-state index in [1.54, 1.807) is 35.1 Å². The fourth-order valence-corrected chi connectivity index (χ4v) is 4.69. The molecule has 6 nitrogen and oxygen atoms in total. The molecule has 0 aliphatic heterocycles. The third kappa shape index (κ3) is 3.97. The van der Waals surface area contributed by atoms with Gasteiger partial charge in [-0.2, -0.15) is 5.10 Å². The van der Waals surface area contributed by atoms with Crippen LogP contribution < -0.4 is 4.72 Å². The Bertz CT molecular complexity index is 1310. The highest BCUT2D eigenvalue weighted by Crippen LogP contribution is 2.30. The third-order valence-corrected chi connectivity index (χ3v) is 6.79. The van der Waals surface area contributed by atoms with Crippen molar-refractivity contribution >= 4 is 37.3 Å². The van der Waals surface area contributed by atoms with Crippen molar-refractivity contribution in [2.24, 2.45) is 0 Å². The number of sulfonamides is 1. The molecule has 30 heavy (non-hydrogen) atoms. The lowest BCUT2D eigenvalue weighted by Gasteiger charge is -2.19. The number of hydrogen-bond donors (Lipinski definition) is 1. The molecular weight excluding hydrogens is 464 g/mol. The van der Waals surface area contributed by atoms with Crippen LogP contribution in [-0.2, 0) is 15.4 Å². The Morgan fingerprint density at radius 2 is 1.77 bits per heavy atom. The summed E-state index contributed by atoms with van der Waals surface area (Å²) >= 11 is 3.45. The van der Waals surface area contributed by atoms with E-state index >= 15 is 0 Å². The fraction of sp³-hybridized carbons (Fsp3) is 0.182. The van der Waals surface area contributed by atoms with Gasteiger partial charge in [0.25, 0.3) is 10.0 Å². The molecule has 0 aliphatic rings. The zero-order chi connectivity index (χ0) is 21.5. The predicted molar refractivity (Wildman–Crippen MR) is 122 cm³/mol. The molecule has 3 aromatic heterocycles. The number of halogens is 1. The first-order chi connectivity index (χ1) is 14.1. The molecule has 0 spiro atoms. The van der Waals surface area contributed by atoms with Crippen molar-refractivity contribution in [3.05, 3.63) is 77.0 Å². The number of rotatable bonds is 4. The molecule has 0 aliphatic carbocycles. The molecule has 4 rings (SSSR count). The van der Waals surface area contributed by atoms with Gasteiger partial charge in [-0.05, 0) is 69.4 Å². The second kappa shape index (κ2) is 7.52. The number of fused-ring (bicyclic) bond motifs is 1. The summed E-state index contributed by atoms with van der Waals surface area (Å²) in [7, 11) is -3.80. The molecule has 8 heteroatoms. The van der Waals surface area contributed by atoms with Crippen LogP contribution in [-0.4, -0.2) is 23.0 Å². The van der Waals surface area contributed by atoms with Crippen LogP contribution in [0.25, 0.3) is 16.8 Å². The van der Waals surface area contributed by atoms with Crippen molar-refractivity contribution in [3.63, 3.8) is 0 Å². The van der Waals surface area contributed by atoms with Gasteiger partial charge in [0, 0.05) is 18.0 Å². The molecule has 0 amide bonds. The Balaban J connectivity index is 1.74. The van der Waals surface area contributed by atoms with Crippen molar-refractivity contribution in [2.45, 2.75) is 31.1 Å². The first-order valence-corrected chi connectivity index (χ1v) is 11.6. The number of nitrogens with zero attached hydrogens (tertiary/aromatic N) is 3. The highest BCUT2D eigenvalue weighted by Gasteiger charge is 2.20. The third-order valence-electron chi connectivity index (χ3n) is 4.79. The lowest BCUT2D eigenvalue weighted by molar-refractivity contribution is 0.587. The zero-order valence-corrected chi connectivity index (χ0v) is 19.2. The van der Waals surface area contributed by atoms with Crippen LogP contribution in [0.3, 0.4) is 0 Å². The van der Waals surface area contributed by atoms with E-state index in [1.165, 1.54) is 0 Å². The average molecular weight is 485 g/mol. The van der Waals surface area contributed by atoms with Crippen LogP contribution in [0, 0.1) is 0 Å². The van der Waals surface area contributed by atoms with Gasteiger partial charge in [-0.3, -0.25) is 9.71 Å². The highest BCUT2D eigenvalue weighted by atomic mass is 79.9. The van der Waals surface area contributed by atoms with Gasteiger partial charge in [-0.25, -0.2) is 12.9 Å². The van der Waals surface area contributed by atoms with E-state index in [2.05, 4.69) is 51.5 Å². The molecule has 154 valence electrons. The summed E-state index contributed by atoms with van der Waals surface area (Å²) in [4.78, 5) is 4.32. The van der Waals surface area contributed by atoms with Crippen LogP contribution in [0.4, 0.5) is 5.82 Å². The number of aromatic nitrogens is 3. The lowest BCUT2D eigenvalue weighted by atomic mass is 9.87. The smallest absolute Gasteiger partial charge is 0.263 e. The zero-order valence-electron chi connectivity index (χ0n) is 16.8. The van der Waals surface area contributed by atoms with Crippen LogP contribution >= 0.6 is 15.9 Å². The first kappa shape index (κ1) is 20.6. The number of anilines is 1. The van der Waals surface area contributed by atoms with E-state index in [0.717, 1.165) is 16.6 Å². The van der Waals surface area contributed by atoms with E-state index in [4.69, 9.17) is 0 Å². The number of nitrogens with one attached hydrogen (secondary N) is 1. The minimum Gasteiger partial charge on any atom is -0.264 e. The van der Waals surface area contributed by atoms with Crippen LogP contribution in [0.1, 0.15) is 26.3 Å². The maximum atomic E-state index is 13.1. The van der Waals surface area contributed by atoms with Crippen molar-refractivity contribution in [2.75, 3.05) is 4.72 Å². The molecule has 0 bridgehead atoms. The van der Waals surface area contributed by atoms with E-state index in [-0.39, 0.29) is 10.3 Å². The predicted octanol–water partition coefficient (Wildman–Crippen LogP) is 5.26. The Kier molecular flexibility index (Phi) is 5.15. The standard InChI is InChI=1S/C22H21BrN4O2S/c1-22(2,3)16-6-9-18(10-7-16)30(28,29)26-21-19(23)11-8-17-13-20(25-27(17)21)15-5-4-12-24-14-15/h4-14,26H,1-3H3. The van der Waals surface area contributed by atoms with Crippen LogP contribution in [0.5, 0.6) is 0 Å². The lowest BCUT2D eigenvalue weighted by Crippen LogP contribution is -2.17. The minimum absolute atomic E-state index is 0.0535. The summed E-state index contributed by atoms with van der Waals surface area (Å²) < 4.78 is 30.9. The van der Waals surface area contributed by atoms with Gasteiger partial charge >= 0.3 is 0 Å². The summed E-state index contributed by atoms with van der Waals surface area (Å²) in [5, 5.41) is 4.59. The van der Waals surface area contributed by atoms with Crippen molar-refractivity contribution in [1.82, 2.24) is 14.6 Å². The van der Waals surface area contributed by atoms with E-state index in [1.807, 2.05) is 36.4 Å². The minimum atomic E-state index is -3.80. The molecule has 1 N–H and O–H groups in total. The molecule has 0 fully saturated rings. The first-order valence-electron chi connectivity index (χ1n) is 9.37. The maximum absolute atomic E-state index is 13.1. The van der Waals surface area contributed by atoms with E-state index in [9.17, 15) is 8.42 Å². The van der Waals surface area contributed by atoms with Crippen molar-refractivity contribution in [3.8, 4) is 11.3 Å². The van der Waals surface area contributed by atoms with Crippen molar-refractivity contribution in [1.29, 1.82) is 0 Å². The summed E-state index contributed by atoms with van der Waals surface area (Å²) in [6, 6.07) is 16.2. The molecule has 0 atom stereocenters. The summed E-state index contributed by atoms with van der Waals surface area (Å²) in [5.74, 6) is 0.336. The number of pyridine rings is 2. The van der Waals surface area contributed by atoms with Gasteiger partial charge in [0.05, 0.1) is 20.6 Å². The van der Waals surface area contributed by atoms with Crippen LogP contribution in [0.15, 0.2) is 76.4 Å². The number of hydrogen-bond acceptors (Lipinski definition) is 4. The average Bonchev–Trinajstić information content (AvgIpc) is 3.15. The second-order valence-electron chi connectivity index (χ2n) is 8.02. The molecule has 1 aromatic carbocycles. The van der Waals surface area contributed by atoms with E-state index in [0.29, 0.717) is 16.0 Å². The molecule has 0 unspecified atom stereocenters. The Labute approximate surface area is 184 Å². The quantitative estimate of drug-likeness (QED) is 0.428. The van der Waals surface area contributed by atoms with Gasteiger partial charge < -0.3 is 0 Å². The fourth-order valence-electron chi connectivity index (χ4n) is 3.10.